The largest absolute Gasteiger partial charge is 0.346 e. The number of hydrogen-bond donors (Lipinski definition) is 1. The Bertz CT molecular complexity index is 344. The Morgan fingerprint density at radius 3 is 3.21 bits per heavy atom. The molecule has 0 saturated carbocycles. The smallest absolute Gasteiger partial charge is 0.206 e. The van der Waals surface area contributed by atoms with Gasteiger partial charge in [0.1, 0.15) is 0 Å². The summed E-state index contributed by atoms with van der Waals surface area (Å²) in [6, 6.07) is 0. The van der Waals surface area contributed by atoms with Crippen molar-refractivity contribution in [1.29, 1.82) is 0 Å². The zero-order valence-corrected chi connectivity index (χ0v) is 9.96. The van der Waals surface area contributed by atoms with Crippen LogP contribution in [0.4, 0.5) is 5.13 Å². The van der Waals surface area contributed by atoms with Gasteiger partial charge in [0.2, 0.25) is 5.13 Å². The first-order chi connectivity index (χ1) is 6.79. The Kier molecular flexibility index (Phi) is 3.18. The molecule has 0 spiro atoms. The lowest BCUT2D eigenvalue weighted by Crippen LogP contribution is -2.35. The van der Waals surface area contributed by atoms with Crippen LogP contribution in [0.2, 0.25) is 0 Å². The van der Waals surface area contributed by atoms with E-state index in [0.29, 0.717) is 0 Å². The van der Waals surface area contributed by atoms with Crippen LogP contribution in [0.3, 0.4) is 0 Å². The minimum atomic E-state index is 0.777. The van der Waals surface area contributed by atoms with Crippen LogP contribution in [0.5, 0.6) is 0 Å². The van der Waals surface area contributed by atoms with Crippen LogP contribution in [0, 0.1) is 9.87 Å². The molecule has 3 nitrogen and oxygen atoms in total. The molecule has 1 N–H and O–H groups in total. The lowest BCUT2D eigenvalue weighted by molar-refractivity contribution is 0.404. The fraction of sp³-hybridized carbons (Fsp3) is 0.778. The van der Waals surface area contributed by atoms with Crippen molar-refractivity contribution in [2.24, 2.45) is 5.92 Å². The molecule has 5 heteroatoms. The number of piperidine rings is 1. The molecule has 0 aromatic carbocycles. The van der Waals surface area contributed by atoms with Crippen molar-refractivity contribution in [3.63, 3.8) is 0 Å². The molecular formula is C9H15N3S2. The molecule has 78 valence electrons. The Labute approximate surface area is 93.1 Å². The summed E-state index contributed by atoms with van der Waals surface area (Å²) in [6.45, 7) is 4.54. The fourth-order valence-electron chi connectivity index (χ4n) is 1.93. The summed E-state index contributed by atoms with van der Waals surface area (Å²) >= 11 is 6.61. The maximum absolute atomic E-state index is 5.03. The third-order valence-corrected chi connectivity index (χ3v) is 3.94. The van der Waals surface area contributed by atoms with Crippen molar-refractivity contribution in [3.8, 4) is 0 Å². The lowest BCUT2D eigenvalue weighted by atomic mass is 9.96. The average Bonchev–Trinajstić information content (AvgIpc) is 2.65. The molecule has 2 heterocycles. The SMILES string of the molecule is CCC1CCCN(c2n[nH]c(=S)s2)C1. The molecule has 14 heavy (non-hydrogen) atoms. The van der Waals surface area contributed by atoms with E-state index in [0.717, 1.165) is 28.1 Å². The monoisotopic (exact) mass is 229 g/mol. The van der Waals surface area contributed by atoms with Crippen LogP contribution >= 0.6 is 23.6 Å². The van der Waals surface area contributed by atoms with Crippen LogP contribution in [0.1, 0.15) is 26.2 Å². The molecule has 0 aliphatic carbocycles. The summed E-state index contributed by atoms with van der Waals surface area (Å²) in [5.74, 6) is 0.834. The van der Waals surface area contributed by atoms with Crippen molar-refractivity contribution < 1.29 is 0 Å². The topological polar surface area (TPSA) is 31.9 Å². The summed E-state index contributed by atoms with van der Waals surface area (Å²) in [4.78, 5) is 2.36. The quantitative estimate of drug-likeness (QED) is 0.791. The zero-order valence-electron chi connectivity index (χ0n) is 8.32. The van der Waals surface area contributed by atoms with Gasteiger partial charge in [-0.25, -0.2) is 0 Å². The van der Waals surface area contributed by atoms with E-state index < -0.39 is 0 Å². The van der Waals surface area contributed by atoms with Gasteiger partial charge in [-0.2, -0.15) is 0 Å². The molecule has 1 aliphatic heterocycles. The van der Waals surface area contributed by atoms with Crippen LogP contribution in [0.25, 0.3) is 0 Å². The predicted octanol–water partition coefficient (Wildman–Crippen LogP) is 2.83. The highest BCUT2D eigenvalue weighted by molar-refractivity contribution is 7.73. The molecule has 1 aromatic heterocycles. The summed E-state index contributed by atoms with van der Waals surface area (Å²) in [5.41, 5.74) is 0. The Morgan fingerprint density at radius 2 is 2.57 bits per heavy atom. The van der Waals surface area contributed by atoms with Crippen molar-refractivity contribution in [3.05, 3.63) is 3.95 Å². The third kappa shape index (κ3) is 2.15. The maximum Gasteiger partial charge on any atom is 0.206 e. The van der Waals surface area contributed by atoms with E-state index in [1.54, 1.807) is 11.3 Å². The second-order valence-electron chi connectivity index (χ2n) is 3.76. The molecule has 1 atom stereocenters. The number of aromatic amines is 1. The molecule has 0 amide bonds. The third-order valence-electron chi connectivity index (χ3n) is 2.79. The average molecular weight is 229 g/mol. The summed E-state index contributed by atoms with van der Waals surface area (Å²) in [7, 11) is 0. The van der Waals surface area contributed by atoms with Gasteiger partial charge in [0.25, 0.3) is 0 Å². The highest BCUT2D eigenvalue weighted by atomic mass is 32.1. The van der Waals surface area contributed by atoms with E-state index in [2.05, 4.69) is 22.0 Å². The summed E-state index contributed by atoms with van der Waals surface area (Å²) in [6.07, 6.45) is 3.92. The first-order valence-electron chi connectivity index (χ1n) is 5.10. The van der Waals surface area contributed by atoms with E-state index in [9.17, 15) is 0 Å². The molecule has 1 unspecified atom stereocenters. The van der Waals surface area contributed by atoms with Crippen LogP contribution in [-0.2, 0) is 0 Å². The number of nitrogens with one attached hydrogen (secondary N) is 1. The second kappa shape index (κ2) is 4.40. The van der Waals surface area contributed by atoms with Gasteiger partial charge in [0.15, 0.2) is 3.95 Å². The van der Waals surface area contributed by atoms with Gasteiger partial charge in [0.05, 0.1) is 0 Å². The van der Waals surface area contributed by atoms with Gasteiger partial charge in [-0.1, -0.05) is 24.7 Å². The number of H-pyrrole nitrogens is 1. The Hall–Kier alpha value is -0.420. The summed E-state index contributed by atoms with van der Waals surface area (Å²) in [5, 5.41) is 8.13. The first-order valence-corrected chi connectivity index (χ1v) is 6.32. The van der Waals surface area contributed by atoms with Crippen molar-refractivity contribution in [2.75, 3.05) is 18.0 Å². The molecule has 1 fully saturated rings. The van der Waals surface area contributed by atoms with Gasteiger partial charge >= 0.3 is 0 Å². The van der Waals surface area contributed by atoms with E-state index in [-0.39, 0.29) is 0 Å². The fourth-order valence-corrected chi connectivity index (χ4v) is 2.84. The minimum Gasteiger partial charge on any atom is -0.346 e. The van der Waals surface area contributed by atoms with Crippen LogP contribution < -0.4 is 4.90 Å². The Morgan fingerprint density at radius 1 is 1.71 bits per heavy atom. The number of rotatable bonds is 2. The molecule has 1 aromatic rings. The van der Waals surface area contributed by atoms with Crippen molar-refractivity contribution >= 4 is 28.7 Å². The van der Waals surface area contributed by atoms with Gasteiger partial charge in [-0.05, 0) is 31.0 Å². The predicted molar refractivity (Wildman–Crippen MR) is 62.5 cm³/mol. The minimum absolute atomic E-state index is 0.777. The molecule has 0 bridgehead atoms. The molecule has 1 aliphatic rings. The van der Waals surface area contributed by atoms with Crippen LogP contribution in [-0.4, -0.2) is 23.3 Å². The standard InChI is InChI=1S/C9H15N3S2/c1-2-7-4-3-5-12(6-7)8-10-11-9(13)14-8/h7H,2-6H2,1H3,(H,11,13). The van der Waals surface area contributed by atoms with Crippen LogP contribution in [0.15, 0.2) is 0 Å². The van der Waals surface area contributed by atoms with E-state index in [4.69, 9.17) is 12.2 Å². The number of aromatic nitrogens is 2. The normalized spacial score (nSPS) is 22.6. The highest BCUT2D eigenvalue weighted by Gasteiger charge is 2.20. The Balaban J connectivity index is 2.07. The molecular weight excluding hydrogens is 214 g/mol. The number of anilines is 1. The lowest BCUT2D eigenvalue weighted by Gasteiger charge is -2.31. The molecule has 2 rings (SSSR count). The van der Waals surface area contributed by atoms with E-state index >= 15 is 0 Å². The van der Waals surface area contributed by atoms with Gasteiger partial charge in [-0.3, -0.25) is 5.10 Å². The second-order valence-corrected chi connectivity index (χ2v) is 5.40. The van der Waals surface area contributed by atoms with Gasteiger partial charge in [-0.15, -0.1) is 5.10 Å². The number of nitrogens with zero attached hydrogens (tertiary/aromatic N) is 2. The number of hydrogen-bond acceptors (Lipinski definition) is 4. The van der Waals surface area contributed by atoms with E-state index in [1.807, 2.05) is 0 Å². The first kappa shape index (κ1) is 10.1. The molecule has 1 saturated heterocycles. The van der Waals surface area contributed by atoms with Crippen molar-refractivity contribution in [2.45, 2.75) is 26.2 Å². The molecule has 0 radical (unpaired) electrons. The maximum atomic E-state index is 5.03. The van der Waals surface area contributed by atoms with E-state index in [1.165, 1.54) is 19.3 Å². The highest BCUT2D eigenvalue weighted by Crippen LogP contribution is 2.25. The summed E-state index contributed by atoms with van der Waals surface area (Å²) < 4.78 is 0.777. The van der Waals surface area contributed by atoms with Crippen molar-refractivity contribution in [1.82, 2.24) is 10.2 Å². The van der Waals surface area contributed by atoms with Gasteiger partial charge < -0.3 is 4.90 Å². The zero-order chi connectivity index (χ0) is 9.97. The van der Waals surface area contributed by atoms with Gasteiger partial charge in [0, 0.05) is 13.1 Å².